The van der Waals surface area contributed by atoms with Crippen LogP contribution < -0.4 is 5.32 Å². The Balaban J connectivity index is 2.28. The molecule has 0 aliphatic carbocycles. The standard InChI is InChI=1S/C20H28N4O2/c1-6-19(25)21-12-11-18-22-16-9-7-8-10-17(16)23(18)13-20(26)24(14(2)3)15(4)5/h6-10,14-15H,1,11-13H2,2-5H3,(H,21,25). The van der Waals surface area contributed by atoms with Gasteiger partial charge < -0.3 is 14.8 Å². The fraction of sp³-hybridized carbons (Fsp3) is 0.450. The molecule has 2 aromatic rings. The first-order valence-electron chi connectivity index (χ1n) is 9.00. The summed E-state index contributed by atoms with van der Waals surface area (Å²) in [6, 6.07) is 8.04. The zero-order valence-corrected chi connectivity index (χ0v) is 16.0. The van der Waals surface area contributed by atoms with E-state index in [0.717, 1.165) is 16.9 Å². The van der Waals surface area contributed by atoms with Crippen LogP contribution in [0.4, 0.5) is 0 Å². The summed E-state index contributed by atoms with van der Waals surface area (Å²) in [5, 5.41) is 2.76. The van der Waals surface area contributed by atoms with Crippen molar-refractivity contribution in [1.29, 1.82) is 0 Å². The van der Waals surface area contributed by atoms with Gasteiger partial charge in [0, 0.05) is 25.0 Å². The quantitative estimate of drug-likeness (QED) is 0.739. The molecule has 0 saturated carbocycles. The van der Waals surface area contributed by atoms with Crippen LogP contribution in [0.25, 0.3) is 11.0 Å². The van der Waals surface area contributed by atoms with E-state index in [-0.39, 0.29) is 30.4 Å². The Kier molecular flexibility index (Phi) is 6.55. The number of fused-ring (bicyclic) bond motifs is 1. The molecule has 2 amide bonds. The van der Waals surface area contributed by atoms with Gasteiger partial charge in [0.1, 0.15) is 12.4 Å². The molecule has 1 aromatic heterocycles. The number of hydrogen-bond donors (Lipinski definition) is 1. The van der Waals surface area contributed by atoms with E-state index in [1.54, 1.807) is 0 Å². The number of nitrogens with zero attached hydrogens (tertiary/aromatic N) is 3. The first-order chi connectivity index (χ1) is 12.3. The molecule has 0 fully saturated rings. The predicted octanol–water partition coefficient (Wildman–Crippen LogP) is 2.53. The van der Waals surface area contributed by atoms with Crippen LogP contribution in [0.15, 0.2) is 36.9 Å². The normalized spacial score (nSPS) is 11.2. The van der Waals surface area contributed by atoms with Crippen molar-refractivity contribution < 1.29 is 9.59 Å². The summed E-state index contributed by atoms with van der Waals surface area (Å²) in [5.41, 5.74) is 1.78. The molecule has 26 heavy (non-hydrogen) atoms. The Labute approximate surface area is 154 Å². The molecule has 0 bridgehead atoms. The van der Waals surface area contributed by atoms with Crippen LogP contribution in [0, 0.1) is 0 Å². The molecule has 2 rings (SSSR count). The highest BCUT2D eigenvalue weighted by Crippen LogP contribution is 2.18. The number of para-hydroxylation sites is 2. The Hall–Kier alpha value is -2.63. The van der Waals surface area contributed by atoms with Crippen LogP contribution in [-0.2, 0) is 22.6 Å². The van der Waals surface area contributed by atoms with E-state index in [0.29, 0.717) is 13.0 Å². The molecule has 0 aliphatic heterocycles. The molecular weight excluding hydrogens is 328 g/mol. The number of carbonyl (C=O) groups excluding carboxylic acids is 2. The molecule has 0 aliphatic rings. The summed E-state index contributed by atoms with van der Waals surface area (Å²) in [6.45, 7) is 12.2. The van der Waals surface area contributed by atoms with Crippen LogP contribution in [0.2, 0.25) is 0 Å². The summed E-state index contributed by atoms with van der Waals surface area (Å²) in [6.07, 6.45) is 1.79. The van der Waals surface area contributed by atoms with Crippen molar-refractivity contribution >= 4 is 22.8 Å². The molecule has 0 unspecified atom stereocenters. The van der Waals surface area contributed by atoms with Crippen LogP contribution in [0.1, 0.15) is 33.5 Å². The van der Waals surface area contributed by atoms with Gasteiger partial charge in [-0.3, -0.25) is 9.59 Å². The van der Waals surface area contributed by atoms with E-state index < -0.39 is 0 Å². The molecule has 0 saturated heterocycles. The molecule has 6 heteroatoms. The number of imidazole rings is 1. The summed E-state index contributed by atoms with van der Waals surface area (Å²) in [4.78, 5) is 30.8. The Morgan fingerprint density at radius 3 is 2.50 bits per heavy atom. The summed E-state index contributed by atoms with van der Waals surface area (Å²) >= 11 is 0. The first-order valence-corrected chi connectivity index (χ1v) is 9.00. The topological polar surface area (TPSA) is 67.2 Å². The second-order valence-electron chi connectivity index (χ2n) is 6.84. The third-order valence-electron chi connectivity index (χ3n) is 4.26. The Morgan fingerprint density at radius 2 is 1.88 bits per heavy atom. The van der Waals surface area contributed by atoms with E-state index in [4.69, 9.17) is 0 Å². The van der Waals surface area contributed by atoms with E-state index in [9.17, 15) is 9.59 Å². The van der Waals surface area contributed by atoms with Gasteiger partial charge in [0.05, 0.1) is 11.0 Å². The van der Waals surface area contributed by atoms with Crippen LogP contribution in [0.3, 0.4) is 0 Å². The van der Waals surface area contributed by atoms with Gasteiger partial charge in [-0.05, 0) is 45.9 Å². The molecule has 0 radical (unpaired) electrons. The highest BCUT2D eigenvalue weighted by atomic mass is 16.2. The van der Waals surface area contributed by atoms with Gasteiger partial charge >= 0.3 is 0 Å². The molecular formula is C20H28N4O2. The Morgan fingerprint density at radius 1 is 1.23 bits per heavy atom. The molecule has 1 N–H and O–H groups in total. The zero-order chi connectivity index (χ0) is 19.3. The number of rotatable bonds is 8. The molecule has 0 spiro atoms. The average molecular weight is 356 g/mol. The monoisotopic (exact) mass is 356 g/mol. The summed E-state index contributed by atoms with van der Waals surface area (Å²) in [7, 11) is 0. The first kappa shape index (κ1) is 19.7. The SMILES string of the molecule is C=CC(=O)NCCc1nc2ccccc2n1CC(=O)N(C(C)C)C(C)C. The smallest absolute Gasteiger partial charge is 0.243 e. The second kappa shape index (κ2) is 8.65. The number of nitrogens with one attached hydrogen (secondary N) is 1. The molecule has 1 heterocycles. The van der Waals surface area contributed by atoms with Gasteiger partial charge in [-0.1, -0.05) is 18.7 Å². The van der Waals surface area contributed by atoms with Gasteiger partial charge in [-0.2, -0.15) is 0 Å². The fourth-order valence-electron chi connectivity index (χ4n) is 3.25. The largest absolute Gasteiger partial charge is 0.352 e. The number of hydrogen-bond acceptors (Lipinski definition) is 3. The lowest BCUT2D eigenvalue weighted by atomic mass is 10.2. The van der Waals surface area contributed by atoms with E-state index in [1.165, 1.54) is 6.08 Å². The van der Waals surface area contributed by atoms with Crippen LogP contribution >= 0.6 is 0 Å². The van der Waals surface area contributed by atoms with Crippen molar-refractivity contribution in [3.63, 3.8) is 0 Å². The maximum atomic E-state index is 12.9. The van der Waals surface area contributed by atoms with Crippen LogP contribution in [0.5, 0.6) is 0 Å². The molecule has 6 nitrogen and oxygen atoms in total. The number of aromatic nitrogens is 2. The van der Waals surface area contributed by atoms with Gasteiger partial charge in [0.15, 0.2) is 0 Å². The second-order valence-corrected chi connectivity index (χ2v) is 6.84. The molecule has 140 valence electrons. The van der Waals surface area contributed by atoms with E-state index >= 15 is 0 Å². The lowest BCUT2D eigenvalue weighted by Crippen LogP contribution is -2.43. The van der Waals surface area contributed by atoms with Crippen molar-refractivity contribution in [2.24, 2.45) is 0 Å². The average Bonchev–Trinajstić information content (AvgIpc) is 2.91. The number of carbonyl (C=O) groups is 2. The molecule has 0 atom stereocenters. The predicted molar refractivity (Wildman–Crippen MR) is 104 cm³/mol. The number of amides is 2. The van der Waals surface area contributed by atoms with Crippen molar-refractivity contribution in [3.05, 3.63) is 42.7 Å². The van der Waals surface area contributed by atoms with Crippen LogP contribution in [-0.4, -0.2) is 44.9 Å². The fourth-order valence-corrected chi connectivity index (χ4v) is 3.25. The summed E-state index contributed by atoms with van der Waals surface area (Å²) in [5.74, 6) is 0.639. The van der Waals surface area contributed by atoms with Gasteiger partial charge in [0.2, 0.25) is 11.8 Å². The minimum atomic E-state index is -0.213. The van der Waals surface area contributed by atoms with Crippen molar-refractivity contribution in [1.82, 2.24) is 19.8 Å². The van der Waals surface area contributed by atoms with Gasteiger partial charge in [0.25, 0.3) is 0 Å². The molecule has 1 aromatic carbocycles. The number of benzene rings is 1. The van der Waals surface area contributed by atoms with Crippen molar-refractivity contribution in [3.8, 4) is 0 Å². The highest BCUT2D eigenvalue weighted by molar-refractivity contribution is 5.86. The highest BCUT2D eigenvalue weighted by Gasteiger charge is 2.22. The van der Waals surface area contributed by atoms with Gasteiger partial charge in [-0.15, -0.1) is 0 Å². The maximum Gasteiger partial charge on any atom is 0.243 e. The minimum absolute atomic E-state index is 0.0644. The lowest BCUT2D eigenvalue weighted by Gasteiger charge is -2.31. The van der Waals surface area contributed by atoms with E-state index in [2.05, 4.69) is 16.9 Å². The lowest BCUT2D eigenvalue weighted by molar-refractivity contribution is -0.135. The third-order valence-corrected chi connectivity index (χ3v) is 4.26. The van der Waals surface area contributed by atoms with E-state index in [1.807, 2.05) is 61.4 Å². The maximum absolute atomic E-state index is 12.9. The zero-order valence-electron chi connectivity index (χ0n) is 16.0. The third kappa shape index (κ3) is 4.50. The van der Waals surface area contributed by atoms with Crippen molar-refractivity contribution in [2.45, 2.75) is 52.7 Å². The van der Waals surface area contributed by atoms with Gasteiger partial charge in [-0.25, -0.2) is 4.98 Å². The van der Waals surface area contributed by atoms with Crippen molar-refractivity contribution in [2.75, 3.05) is 6.54 Å². The summed E-state index contributed by atoms with van der Waals surface area (Å²) < 4.78 is 1.95. The Bertz CT molecular complexity index is 784. The minimum Gasteiger partial charge on any atom is -0.352 e.